The molecule has 0 saturated heterocycles. The molecule has 5 heteroatoms. The predicted octanol–water partition coefficient (Wildman–Crippen LogP) is 0.855. The minimum absolute atomic E-state index is 0.0413. The number of fused-ring (bicyclic) bond motifs is 1. The van der Waals surface area contributed by atoms with Crippen LogP contribution in [0.3, 0.4) is 0 Å². The summed E-state index contributed by atoms with van der Waals surface area (Å²) in [5.41, 5.74) is 6.09. The molecule has 20 heavy (non-hydrogen) atoms. The van der Waals surface area contributed by atoms with Crippen molar-refractivity contribution in [1.82, 2.24) is 9.88 Å². The lowest BCUT2D eigenvalue weighted by Gasteiger charge is -2.19. The van der Waals surface area contributed by atoms with Gasteiger partial charge in [-0.2, -0.15) is 0 Å². The third-order valence-corrected chi connectivity index (χ3v) is 2.94. The van der Waals surface area contributed by atoms with E-state index in [-0.39, 0.29) is 17.9 Å². The highest BCUT2D eigenvalue weighted by Crippen LogP contribution is 2.09. The fourth-order valence-corrected chi connectivity index (χ4v) is 1.94. The fraction of sp³-hybridized carbons (Fsp3) is 0.333. The summed E-state index contributed by atoms with van der Waals surface area (Å²) in [6.45, 7) is 4.27. The third-order valence-electron chi connectivity index (χ3n) is 2.94. The monoisotopic (exact) mass is 273 g/mol. The number of hydrogen-bond donors (Lipinski definition) is 2. The Bertz CT molecular complexity index is 683. The highest BCUT2D eigenvalue weighted by molar-refractivity contribution is 5.82. The zero-order chi connectivity index (χ0) is 14.8. The molecule has 0 fully saturated rings. The van der Waals surface area contributed by atoms with Gasteiger partial charge in [-0.3, -0.25) is 9.59 Å². The van der Waals surface area contributed by atoms with Crippen LogP contribution in [0.4, 0.5) is 0 Å². The molecule has 1 aromatic heterocycles. The zero-order valence-corrected chi connectivity index (χ0v) is 11.7. The van der Waals surface area contributed by atoms with Gasteiger partial charge < -0.3 is 15.6 Å². The van der Waals surface area contributed by atoms with E-state index in [2.05, 4.69) is 5.32 Å². The molecule has 0 bridgehead atoms. The SMILES string of the molecule is CC(C)(N)CNC(=O)Cn1ccc(=O)c2ccccc21. The highest BCUT2D eigenvalue weighted by atomic mass is 16.2. The van der Waals surface area contributed by atoms with Crippen LogP contribution in [0.2, 0.25) is 0 Å². The van der Waals surface area contributed by atoms with Gasteiger partial charge in [0.2, 0.25) is 5.91 Å². The smallest absolute Gasteiger partial charge is 0.240 e. The second-order valence-electron chi connectivity index (χ2n) is 5.59. The maximum absolute atomic E-state index is 11.9. The summed E-state index contributed by atoms with van der Waals surface area (Å²) in [6.07, 6.45) is 1.64. The third kappa shape index (κ3) is 3.45. The molecule has 106 valence electrons. The van der Waals surface area contributed by atoms with Gasteiger partial charge in [-0.1, -0.05) is 12.1 Å². The van der Waals surface area contributed by atoms with Crippen LogP contribution in [0.1, 0.15) is 13.8 Å². The molecule has 2 rings (SSSR count). The number of benzene rings is 1. The highest BCUT2D eigenvalue weighted by Gasteiger charge is 2.13. The second-order valence-corrected chi connectivity index (χ2v) is 5.59. The molecular weight excluding hydrogens is 254 g/mol. The first kappa shape index (κ1) is 14.3. The number of carbonyl (C=O) groups is 1. The van der Waals surface area contributed by atoms with Crippen molar-refractivity contribution in [3.05, 3.63) is 46.8 Å². The number of para-hydroxylation sites is 1. The fourth-order valence-electron chi connectivity index (χ4n) is 1.94. The van der Waals surface area contributed by atoms with Gasteiger partial charge >= 0.3 is 0 Å². The van der Waals surface area contributed by atoms with Crippen LogP contribution >= 0.6 is 0 Å². The summed E-state index contributed by atoms with van der Waals surface area (Å²) >= 11 is 0. The quantitative estimate of drug-likeness (QED) is 0.867. The first-order valence-electron chi connectivity index (χ1n) is 6.50. The van der Waals surface area contributed by atoms with Gasteiger partial charge in [-0.05, 0) is 26.0 Å². The average molecular weight is 273 g/mol. The van der Waals surface area contributed by atoms with Crippen molar-refractivity contribution >= 4 is 16.8 Å². The van der Waals surface area contributed by atoms with Crippen LogP contribution in [0.15, 0.2) is 41.3 Å². The van der Waals surface area contributed by atoms with Crippen LogP contribution in [0.5, 0.6) is 0 Å². The van der Waals surface area contributed by atoms with E-state index in [9.17, 15) is 9.59 Å². The second kappa shape index (κ2) is 5.46. The summed E-state index contributed by atoms with van der Waals surface area (Å²) < 4.78 is 1.76. The summed E-state index contributed by atoms with van der Waals surface area (Å²) in [5.74, 6) is -0.127. The molecule has 0 atom stereocenters. The Balaban J connectivity index is 2.20. The molecule has 0 aliphatic rings. The van der Waals surface area contributed by atoms with E-state index in [1.54, 1.807) is 16.8 Å². The van der Waals surface area contributed by atoms with Crippen LogP contribution in [-0.4, -0.2) is 22.6 Å². The molecule has 0 aliphatic heterocycles. The van der Waals surface area contributed by atoms with Crippen molar-refractivity contribution in [2.75, 3.05) is 6.54 Å². The summed E-state index contributed by atoms with van der Waals surface area (Å²) in [6, 6.07) is 8.72. The minimum atomic E-state index is -0.443. The van der Waals surface area contributed by atoms with Crippen molar-refractivity contribution in [2.45, 2.75) is 25.9 Å². The molecule has 3 N–H and O–H groups in total. The standard InChI is InChI=1S/C15H19N3O2/c1-15(2,16)10-17-14(20)9-18-8-7-13(19)11-5-3-4-6-12(11)18/h3-8H,9-10,16H2,1-2H3,(H,17,20). The van der Waals surface area contributed by atoms with E-state index in [4.69, 9.17) is 5.73 Å². The number of nitrogens with one attached hydrogen (secondary N) is 1. The molecule has 0 radical (unpaired) electrons. The summed E-state index contributed by atoms with van der Waals surface area (Å²) in [7, 11) is 0. The molecule has 0 spiro atoms. The van der Waals surface area contributed by atoms with E-state index in [1.807, 2.05) is 32.0 Å². The number of hydrogen-bond acceptors (Lipinski definition) is 3. The van der Waals surface area contributed by atoms with Gasteiger partial charge in [0.1, 0.15) is 6.54 Å². The van der Waals surface area contributed by atoms with Gasteiger partial charge in [0.05, 0.1) is 5.52 Å². The van der Waals surface area contributed by atoms with Crippen molar-refractivity contribution in [2.24, 2.45) is 5.73 Å². The Morgan fingerprint density at radius 2 is 2.00 bits per heavy atom. The molecule has 0 saturated carbocycles. The number of aromatic nitrogens is 1. The molecule has 0 unspecified atom stereocenters. The predicted molar refractivity (Wildman–Crippen MR) is 79.5 cm³/mol. The molecule has 1 amide bonds. The number of nitrogens with two attached hydrogens (primary N) is 1. The minimum Gasteiger partial charge on any atom is -0.353 e. The van der Waals surface area contributed by atoms with Crippen LogP contribution < -0.4 is 16.5 Å². The van der Waals surface area contributed by atoms with Gasteiger partial charge in [-0.25, -0.2) is 0 Å². The first-order valence-corrected chi connectivity index (χ1v) is 6.50. The Labute approximate surface area is 117 Å². The van der Waals surface area contributed by atoms with Crippen LogP contribution in [0, 0.1) is 0 Å². The topological polar surface area (TPSA) is 77.1 Å². The normalized spacial score (nSPS) is 11.6. The Kier molecular flexibility index (Phi) is 3.90. The number of nitrogens with zero attached hydrogens (tertiary/aromatic N) is 1. The molecule has 1 aromatic carbocycles. The van der Waals surface area contributed by atoms with Crippen LogP contribution in [0.25, 0.3) is 10.9 Å². The zero-order valence-electron chi connectivity index (χ0n) is 11.7. The molecular formula is C15H19N3O2. The van der Waals surface area contributed by atoms with Crippen molar-refractivity contribution < 1.29 is 4.79 Å². The number of rotatable bonds is 4. The van der Waals surface area contributed by atoms with E-state index in [0.717, 1.165) is 5.52 Å². The Morgan fingerprint density at radius 3 is 2.70 bits per heavy atom. The lowest BCUT2D eigenvalue weighted by molar-refractivity contribution is -0.121. The molecule has 0 aliphatic carbocycles. The van der Waals surface area contributed by atoms with Crippen molar-refractivity contribution in [3.63, 3.8) is 0 Å². The maximum atomic E-state index is 11.9. The Hall–Kier alpha value is -2.14. The van der Waals surface area contributed by atoms with E-state index in [1.165, 1.54) is 6.07 Å². The van der Waals surface area contributed by atoms with Crippen LogP contribution in [-0.2, 0) is 11.3 Å². The van der Waals surface area contributed by atoms with E-state index < -0.39 is 5.54 Å². The molecule has 5 nitrogen and oxygen atoms in total. The Morgan fingerprint density at radius 1 is 1.30 bits per heavy atom. The van der Waals surface area contributed by atoms with Crippen molar-refractivity contribution in [1.29, 1.82) is 0 Å². The summed E-state index contributed by atoms with van der Waals surface area (Å²) in [4.78, 5) is 23.7. The molecule has 2 aromatic rings. The van der Waals surface area contributed by atoms with Crippen molar-refractivity contribution in [3.8, 4) is 0 Å². The summed E-state index contributed by atoms with van der Waals surface area (Å²) in [5, 5.41) is 3.40. The van der Waals surface area contributed by atoms with Gasteiger partial charge in [0.15, 0.2) is 5.43 Å². The van der Waals surface area contributed by atoms with Gasteiger partial charge in [0, 0.05) is 29.7 Å². The molecule has 1 heterocycles. The largest absolute Gasteiger partial charge is 0.353 e. The van der Waals surface area contributed by atoms with E-state index in [0.29, 0.717) is 11.9 Å². The number of carbonyl (C=O) groups excluding carboxylic acids is 1. The maximum Gasteiger partial charge on any atom is 0.240 e. The lowest BCUT2D eigenvalue weighted by atomic mass is 10.1. The number of amides is 1. The first-order chi connectivity index (χ1) is 9.37. The average Bonchev–Trinajstić information content (AvgIpc) is 2.39. The lowest BCUT2D eigenvalue weighted by Crippen LogP contribution is -2.45. The van der Waals surface area contributed by atoms with Gasteiger partial charge in [-0.15, -0.1) is 0 Å². The number of pyridine rings is 1. The van der Waals surface area contributed by atoms with Gasteiger partial charge in [0.25, 0.3) is 0 Å². The van der Waals surface area contributed by atoms with E-state index >= 15 is 0 Å².